The largest absolute Gasteiger partial charge is 0.507 e. The van der Waals surface area contributed by atoms with Gasteiger partial charge in [0.25, 0.3) is 0 Å². The standard InChI is InChI=1S/C15H11ClO3/c16-10-6-7-12(17)11(8-10)13(18)15-14(19-15)9-4-2-1-3-5-9/h1-8,14-15,17H/t14-,15-/m0/s1. The van der Waals surface area contributed by atoms with E-state index in [1.54, 1.807) is 0 Å². The second-order valence-electron chi connectivity index (χ2n) is 4.41. The predicted octanol–water partition coefficient (Wildman–Crippen LogP) is 3.37. The van der Waals surface area contributed by atoms with Crippen LogP contribution in [0.15, 0.2) is 48.5 Å². The van der Waals surface area contributed by atoms with E-state index in [-0.39, 0.29) is 23.2 Å². The Morgan fingerprint density at radius 3 is 2.63 bits per heavy atom. The van der Waals surface area contributed by atoms with Gasteiger partial charge in [0.2, 0.25) is 0 Å². The Hall–Kier alpha value is -1.84. The Morgan fingerprint density at radius 2 is 1.89 bits per heavy atom. The molecule has 0 saturated carbocycles. The molecule has 4 heteroatoms. The number of hydrogen-bond donors (Lipinski definition) is 1. The Morgan fingerprint density at radius 1 is 1.16 bits per heavy atom. The summed E-state index contributed by atoms with van der Waals surface area (Å²) in [5.41, 5.74) is 1.17. The van der Waals surface area contributed by atoms with Gasteiger partial charge in [-0.3, -0.25) is 4.79 Å². The molecule has 1 aliphatic rings. The molecule has 0 amide bonds. The highest BCUT2D eigenvalue weighted by Crippen LogP contribution is 2.41. The number of phenols is 1. The summed E-state index contributed by atoms with van der Waals surface area (Å²) in [6.07, 6.45) is -0.765. The van der Waals surface area contributed by atoms with Crippen LogP contribution in [0.5, 0.6) is 5.75 Å². The van der Waals surface area contributed by atoms with Crippen LogP contribution in [0.1, 0.15) is 22.0 Å². The van der Waals surface area contributed by atoms with Gasteiger partial charge in [-0.2, -0.15) is 0 Å². The van der Waals surface area contributed by atoms with E-state index in [1.807, 2.05) is 30.3 Å². The molecule has 1 N–H and O–H groups in total. The van der Waals surface area contributed by atoms with Gasteiger partial charge in [-0.1, -0.05) is 41.9 Å². The molecule has 19 heavy (non-hydrogen) atoms. The summed E-state index contributed by atoms with van der Waals surface area (Å²) in [6.45, 7) is 0. The predicted molar refractivity (Wildman–Crippen MR) is 71.5 cm³/mol. The Bertz CT molecular complexity index is 625. The smallest absolute Gasteiger partial charge is 0.198 e. The molecule has 1 aliphatic heterocycles. The number of epoxide rings is 1. The molecular weight excluding hydrogens is 264 g/mol. The second kappa shape index (κ2) is 4.68. The zero-order valence-corrected chi connectivity index (χ0v) is 10.7. The summed E-state index contributed by atoms with van der Waals surface area (Å²) in [5.74, 6) is -0.314. The van der Waals surface area contributed by atoms with Crippen molar-refractivity contribution in [2.24, 2.45) is 0 Å². The number of carbonyl (C=O) groups is 1. The molecule has 3 nitrogen and oxygen atoms in total. The fourth-order valence-electron chi connectivity index (χ4n) is 2.07. The van der Waals surface area contributed by atoms with E-state index in [0.29, 0.717) is 5.02 Å². The lowest BCUT2D eigenvalue weighted by atomic mass is 10.0. The number of rotatable bonds is 3. The van der Waals surface area contributed by atoms with E-state index in [4.69, 9.17) is 16.3 Å². The van der Waals surface area contributed by atoms with Gasteiger partial charge in [0.15, 0.2) is 11.9 Å². The highest BCUT2D eigenvalue weighted by molar-refractivity contribution is 6.31. The molecule has 2 atom stereocenters. The minimum atomic E-state index is -0.535. The van der Waals surface area contributed by atoms with Crippen molar-refractivity contribution < 1.29 is 14.6 Å². The van der Waals surface area contributed by atoms with Crippen LogP contribution in [0.3, 0.4) is 0 Å². The number of carbonyl (C=O) groups excluding carboxylic acids is 1. The first-order valence-electron chi connectivity index (χ1n) is 5.90. The summed E-state index contributed by atoms with van der Waals surface area (Å²) < 4.78 is 5.41. The summed E-state index contributed by atoms with van der Waals surface area (Å²) >= 11 is 5.84. The zero-order chi connectivity index (χ0) is 13.4. The van der Waals surface area contributed by atoms with E-state index >= 15 is 0 Å². The number of hydrogen-bond acceptors (Lipinski definition) is 3. The lowest BCUT2D eigenvalue weighted by Crippen LogP contribution is -2.08. The van der Waals surface area contributed by atoms with Crippen LogP contribution in [-0.2, 0) is 4.74 Å². The molecule has 0 unspecified atom stereocenters. The van der Waals surface area contributed by atoms with Crippen LogP contribution < -0.4 is 0 Å². The summed E-state index contributed by atoms with van der Waals surface area (Å²) in [4.78, 5) is 12.2. The average Bonchev–Trinajstić information content (AvgIpc) is 3.22. The van der Waals surface area contributed by atoms with Crippen LogP contribution >= 0.6 is 11.6 Å². The summed E-state index contributed by atoms with van der Waals surface area (Å²) in [6, 6.07) is 13.9. The Balaban J connectivity index is 1.82. The van der Waals surface area contributed by atoms with Gasteiger partial charge in [-0.15, -0.1) is 0 Å². The SMILES string of the molecule is O=C(c1cc(Cl)ccc1O)[C@@H]1O[C@H]1c1ccccc1. The van der Waals surface area contributed by atoms with E-state index < -0.39 is 6.10 Å². The van der Waals surface area contributed by atoms with Gasteiger partial charge in [-0.25, -0.2) is 0 Å². The molecule has 1 heterocycles. The van der Waals surface area contributed by atoms with Gasteiger partial charge >= 0.3 is 0 Å². The van der Waals surface area contributed by atoms with Crippen molar-refractivity contribution >= 4 is 17.4 Å². The first-order valence-corrected chi connectivity index (χ1v) is 6.28. The molecule has 1 fully saturated rings. The maximum atomic E-state index is 12.2. The number of ether oxygens (including phenoxy) is 1. The zero-order valence-electron chi connectivity index (χ0n) is 9.92. The molecule has 0 aromatic heterocycles. The highest BCUT2D eigenvalue weighted by Gasteiger charge is 2.46. The number of Topliss-reactive ketones (excluding diaryl/α,β-unsaturated/α-hetero) is 1. The number of ketones is 1. The van der Waals surface area contributed by atoms with Crippen LogP contribution in [0.25, 0.3) is 0 Å². The first kappa shape index (κ1) is 12.2. The minimum Gasteiger partial charge on any atom is -0.507 e. The third-order valence-corrected chi connectivity index (χ3v) is 3.34. The van der Waals surface area contributed by atoms with Crippen molar-refractivity contribution in [2.45, 2.75) is 12.2 Å². The number of phenolic OH excluding ortho intramolecular Hbond substituents is 1. The fourth-order valence-corrected chi connectivity index (χ4v) is 2.24. The highest BCUT2D eigenvalue weighted by atomic mass is 35.5. The van der Waals surface area contributed by atoms with Gasteiger partial charge in [0, 0.05) is 5.02 Å². The topological polar surface area (TPSA) is 49.8 Å². The normalized spacial score (nSPS) is 21.1. The van der Waals surface area contributed by atoms with Crippen molar-refractivity contribution in [2.75, 3.05) is 0 Å². The molecule has 0 spiro atoms. The Kier molecular flexibility index (Phi) is 3.01. The van der Waals surface area contributed by atoms with Crippen molar-refractivity contribution in [3.63, 3.8) is 0 Å². The molecule has 0 aliphatic carbocycles. The number of benzene rings is 2. The van der Waals surface area contributed by atoms with Crippen molar-refractivity contribution in [3.05, 3.63) is 64.7 Å². The Labute approximate surface area is 115 Å². The third-order valence-electron chi connectivity index (χ3n) is 3.10. The fraction of sp³-hybridized carbons (Fsp3) is 0.133. The number of halogens is 1. The minimum absolute atomic E-state index is 0.0725. The van der Waals surface area contributed by atoms with E-state index in [9.17, 15) is 9.90 Å². The molecule has 0 radical (unpaired) electrons. The van der Waals surface area contributed by atoms with Gasteiger partial charge in [0.05, 0.1) is 5.56 Å². The molecule has 2 aromatic rings. The van der Waals surface area contributed by atoms with Gasteiger partial charge < -0.3 is 9.84 Å². The van der Waals surface area contributed by atoms with Crippen LogP contribution in [0.2, 0.25) is 5.02 Å². The summed E-state index contributed by atoms with van der Waals surface area (Å²) in [5, 5.41) is 10.1. The van der Waals surface area contributed by atoms with Crippen molar-refractivity contribution in [1.82, 2.24) is 0 Å². The monoisotopic (exact) mass is 274 g/mol. The van der Waals surface area contributed by atoms with Crippen LogP contribution in [0, 0.1) is 0 Å². The first-order chi connectivity index (χ1) is 9.16. The van der Waals surface area contributed by atoms with Crippen LogP contribution in [-0.4, -0.2) is 17.0 Å². The quantitative estimate of drug-likeness (QED) is 0.690. The van der Waals surface area contributed by atoms with Gasteiger partial charge in [-0.05, 0) is 23.8 Å². The number of aromatic hydroxyl groups is 1. The average molecular weight is 275 g/mol. The lowest BCUT2D eigenvalue weighted by Gasteiger charge is -2.02. The molecule has 0 bridgehead atoms. The van der Waals surface area contributed by atoms with E-state index in [1.165, 1.54) is 18.2 Å². The maximum absolute atomic E-state index is 12.2. The summed E-state index contributed by atoms with van der Waals surface area (Å²) in [7, 11) is 0. The van der Waals surface area contributed by atoms with Crippen LogP contribution in [0.4, 0.5) is 0 Å². The third kappa shape index (κ3) is 2.35. The van der Waals surface area contributed by atoms with Crippen molar-refractivity contribution in [3.8, 4) is 5.75 Å². The molecule has 96 valence electrons. The molecule has 3 rings (SSSR count). The second-order valence-corrected chi connectivity index (χ2v) is 4.85. The van der Waals surface area contributed by atoms with Gasteiger partial charge in [0.1, 0.15) is 11.9 Å². The maximum Gasteiger partial charge on any atom is 0.198 e. The van der Waals surface area contributed by atoms with Crippen molar-refractivity contribution in [1.29, 1.82) is 0 Å². The van der Waals surface area contributed by atoms with E-state index in [0.717, 1.165) is 5.56 Å². The molecular formula is C15H11ClO3. The lowest BCUT2D eigenvalue weighted by molar-refractivity contribution is 0.0951. The molecule has 1 saturated heterocycles. The molecule has 2 aromatic carbocycles. The van der Waals surface area contributed by atoms with E-state index in [2.05, 4.69) is 0 Å².